The minimum absolute atomic E-state index is 0.0347. The lowest BCUT2D eigenvalue weighted by Crippen LogP contribution is -2.09. The molecule has 1 aliphatic rings. The molecular formula is C4H7NO2S. The fourth-order valence-electron chi connectivity index (χ4n) is 0.775. The third-order valence-electron chi connectivity index (χ3n) is 1.21. The molecule has 0 amide bonds. The summed E-state index contributed by atoms with van der Waals surface area (Å²) >= 11 is 0. The van der Waals surface area contributed by atoms with E-state index in [1.165, 1.54) is 0 Å². The van der Waals surface area contributed by atoms with Gasteiger partial charge in [0.1, 0.15) is 0 Å². The van der Waals surface area contributed by atoms with Crippen molar-refractivity contribution in [3.8, 4) is 0 Å². The molecule has 1 fully saturated rings. The van der Waals surface area contributed by atoms with Crippen LogP contribution in [0.15, 0.2) is 0 Å². The van der Waals surface area contributed by atoms with Crippen molar-refractivity contribution in [2.24, 2.45) is 0 Å². The third-order valence-corrected chi connectivity index (χ3v) is 2.96. The summed E-state index contributed by atoms with van der Waals surface area (Å²) in [5, 5.41) is 0. The van der Waals surface area contributed by atoms with Gasteiger partial charge in [0, 0.05) is 0 Å². The maximum Gasteiger partial charge on any atom is 0.152 e. The highest BCUT2D eigenvalue weighted by atomic mass is 32.2. The van der Waals surface area contributed by atoms with Gasteiger partial charge in [-0.15, -0.1) is 5.73 Å². The predicted molar refractivity (Wildman–Crippen MR) is 29.2 cm³/mol. The van der Waals surface area contributed by atoms with E-state index in [1.807, 2.05) is 0 Å². The molecule has 0 saturated carbocycles. The molecule has 46 valence electrons. The van der Waals surface area contributed by atoms with Crippen LogP contribution in [0.4, 0.5) is 0 Å². The van der Waals surface area contributed by atoms with Gasteiger partial charge in [0.25, 0.3) is 0 Å². The van der Waals surface area contributed by atoms with E-state index in [0.717, 1.165) is 0 Å². The Labute approximate surface area is 48.8 Å². The van der Waals surface area contributed by atoms with Crippen molar-refractivity contribution in [2.75, 3.05) is 11.5 Å². The highest BCUT2D eigenvalue weighted by molar-refractivity contribution is 7.91. The van der Waals surface area contributed by atoms with E-state index in [1.54, 1.807) is 0 Å². The molecule has 1 heterocycles. The van der Waals surface area contributed by atoms with E-state index in [4.69, 9.17) is 5.73 Å². The fourth-order valence-corrected chi connectivity index (χ4v) is 2.33. The SMILES string of the molecule is [N]C1CCS(=O)(=O)C1. The van der Waals surface area contributed by atoms with Crippen molar-refractivity contribution in [1.29, 1.82) is 0 Å². The highest BCUT2D eigenvalue weighted by Crippen LogP contribution is 2.09. The topological polar surface area (TPSA) is 56.4 Å². The number of hydrogen-bond acceptors (Lipinski definition) is 2. The lowest BCUT2D eigenvalue weighted by molar-refractivity contribution is 0.601. The second-order valence-corrected chi connectivity index (χ2v) is 4.29. The van der Waals surface area contributed by atoms with Crippen molar-refractivity contribution in [2.45, 2.75) is 12.5 Å². The zero-order valence-corrected chi connectivity index (χ0v) is 5.19. The molecule has 0 aromatic heterocycles. The van der Waals surface area contributed by atoms with Crippen molar-refractivity contribution in [3.63, 3.8) is 0 Å². The number of sulfone groups is 1. The smallest absolute Gasteiger partial charge is 0.152 e. The summed E-state index contributed by atoms with van der Waals surface area (Å²) in [5.74, 6) is 0.126. The van der Waals surface area contributed by atoms with Crippen LogP contribution in [-0.4, -0.2) is 26.0 Å². The van der Waals surface area contributed by atoms with E-state index in [9.17, 15) is 8.42 Å². The Morgan fingerprint density at radius 2 is 2.12 bits per heavy atom. The number of nitrogens with zero attached hydrogens (tertiary/aromatic N) is 1. The summed E-state index contributed by atoms with van der Waals surface area (Å²) in [6, 6.07) is -0.597. The van der Waals surface area contributed by atoms with Crippen molar-refractivity contribution in [1.82, 2.24) is 5.73 Å². The maximum absolute atomic E-state index is 10.5. The first-order chi connectivity index (χ1) is 3.60. The lowest BCUT2D eigenvalue weighted by atomic mass is 10.3. The summed E-state index contributed by atoms with van der Waals surface area (Å²) in [7, 11) is -2.85. The molecule has 8 heavy (non-hydrogen) atoms. The van der Waals surface area contributed by atoms with Gasteiger partial charge < -0.3 is 0 Å². The first-order valence-electron chi connectivity index (χ1n) is 2.49. The monoisotopic (exact) mass is 133 g/mol. The molecule has 4 heteroatoms. The minimum Gasteiger partial charge on any atom is -0.229 e. The molecule has 1 saturated heterocycles. The number of hydrogen-bond donors (Lipinski definition) is 0. The van der Waals surface area contributed by atoms with Crippen molar-refractivity contribution >= 4 is 9.84 Å². The van der Waals surface area contributed by atoms with Gasteiger partial charge in [-0.1, -0.05) is 0 Å². The molecule has 0 bridgehead atoms. The number of rotatable bonds is 0. The third kappa shape index (κ3) is 1.20. The molecule has 1 aliphatic heterocycles. The van der Waals surface area contributed by atoms with Crippen LogP contribution in [0.1, 0.15) is 6.42 Å². The quantitative estimate of drug-likeness (QED) is 0.436. The van der Waals surface area contributed by atoms with Crippen LogP contribution >= 0.6 is 0 Å². The zero-order chi connectivity index (χ0) is 6.20. The minimum atomic E-state index is -2.85. The van der Waals surface area contributed by atoms with E-state index in [2.05, 4.69) is 0 Å². The Balaban J connectivity index is 2.71. The first-order valence-corrected chi connectivity index (χ1v) is 4.31. The average Bonchev–Trinajstić information content (AvgIpc) is 1.82. The van der Waals surface area contributed by atoms with E-state index in [0.29, 0.717) is 6.42 Å². The molecule has 0 aromatic rings. The second kappa shape index (κ2) is 1.70. The molecular weight excluding hydrogens is 126 g/mol. The van der Waals surface area contributed by atoms with Gasteiger partial charge in [0.05, 0.1) is 17.5 Å². The largest absolute Gasteiger partial charge is 0.229 e. The molecule has 0 aromatic carbocycles. The zero-order valence-electron chi connectivity index (χ0n) is 4.37. The van der Waals surface area contributed by atoms with Gasteiger partial charge in [-0.05, 0) is 6.42 Å². The first kappa shape index (κ1) is 6.04. The Morgan fingerprint density at radius 1 is 1.50 bits per heavy atom. The molecule has 0 aliphatic carbocycles. The van der Waals surface area contributed by atoms with Crippen LogP contribution in [0, 0.1) is 0 Å². The summed E-state index contributed by atoms with van der Waals surface area (Å²) in [6.45, 7) is 0. The second-order valence-electron chi connectivity index (χ2n) is 2.06. The van der Waals surface area contributed by atoms with Crippen molar-refractivity contribution in [3.05, 3.63) is 0 Å². The van der Waals surface area contributed by atoms with Gasteiger partial charge >= 0.3 is 0 Å². The Bertz CT molecular complexity index is 172. The molecule has 1 unspecified atom stereocenters. The van der Waals surface area contributed by atoms with Crippen molar-refractivity contribution < 1.29 is 8.42 Å². The molecule has 2 radical (unpaired) electrons. The summed E-state index contributed by atoms with van der Waals surface area (Å²) < 4.78 is 21.0. The Hall–Kier alpha value is -0.0900. The van der Waals surface area contributed by atoms with Crippen LogP contribution in [0.5, 0.6) is 0 Å². The Kier molecular flexibility index (Phi) is 1.28. The summed E-state index contributed by atoms with van der Waals surface area (Å²) in [4.78, 5) is 0. The van der Waals surface area contributed by atoms with Gasteiger partial charge in [0.15, 0.2) is 9.84 Å². The van der Waals surface area contributed by atoms with E-state index >= 15 is 0 Å². The lowest BCUT2D eigenvalue weighted by Gasteiger charge is -1.87. The average molecular weight is 133 g/mol. The molecule has 3 nitrogen and oxygen atoms in total. The van der Waals surface area contributed by atoms with Crippen LogP contribution in [-0.2, 0) is 9.84 Å². The van der Waals surface area contributed by atoms with Crippen LogP contribution < -0.4 is 5.73 Å². The predicted octanol–water partition coefficient (Wildman–Crippen LogP) is -0.758. The van der Waals surface area contributed by atoms with Crippen LogP contribution in [0.3, 0.4) is 0 Å². The highest BCUT2D eigenvalue weighted by Gasteiger charge is 2.25. The normalized spacial score (nSPS) is 35.4. The van der Waals surface area contributed by atoms with Gasteiger partial charge in [-0.2, -0.15) is 0 Å². The fraction of sp³-hybridized carbons (Fsp3) is 1.00. The summed E-state index contributed by atoms with van der Waals surface area (Å²) in [6.07, 6.45) is 0.419. The maximum atomic E-state index is 10.5. The van der Waals surface area contributed by atoms with E-state index in [-0.39, 0.29) is 11.5 Å². The van der Waals surface area contributed by atoms with Gasteiger partial charge in [-0.3, -0.25) is 0 Å². The standard InChI is InChI=1S/C4H7NO2S/c5-4-1-2-8(6,7)3-4/h4H,1-3H2. The van der Waals surface area contributed by atoms with Gasteiger partial charge in [-0.25, -0.2) is 8.42 Å². The molecule has 0 spiro atoms. The van der Waals surface area contributed by atoms with Crippen LogP contribution in [0.2, 0.25) is 0 Å². The molecule has 1 atom stereocenters. The molecule has 1 rings (SSSR count). The summed E-state index contributed by atoms with van der Waals surface area (Å²) in [5.41, 5.74) is 8.69. The Morgan fingerprint density at radius 3 is 2.25 bits per heavy atom. The molecule has 0 N–H and O–H groups in total. The van der Waals surface area contributed by atoms with Gasteiger partial charge in [0.2, 0.25) is 0 Å². The van der Waals surface area contributed by atoms with E-state index < -0.39 is 15.9 Å². The van der Waals surface area contributed by atoms with Crippen LogP contribution in [0.25, 0.3) is 0 Å².